The summed E-state index contributed by atoms with van der Waals surface area (Å²) in [6.07, 6.45) is 0. The molecular weight excluding hydrogens is 245 g/mol. The lowest BCUT2D eigenvalue weighted by atomic mass is 10.1. The Hall–Kier alpha value is -0.280. The van der Waals surface area contributed by atoms with Crippen LogP contribution in [0.5, 0.6) is 0 Å². The van der Waals surface area contributed by atoms with Crippen LogP contribution in [-0.4, -0.2) is 19.3 Å². The van der Waals surface area contributed by atoms with E-state index in [-0.39, 0.29) is 5.54 Å². The molecule has 0 saturated carbocycles. The summed E-state index contributed by atoms with van der Waals surface area (Å²) in [5.74, 6) is 0. The van der Waals surface area contributed by atoms with Gasteiger partial charge in [0.25, 0.3) is 0 Å². The van der Waals surface area contributed by atoms with Crippen molar-refractivity contribution in [3.63, 3.8) is 0 Å². The topological polar surface area (TPSA) is 21.3 Å². The molecule has 0 spiro atoms. The fraction of sp³-hybridized carbons (Fsp3) is 0.500. The summed E-state index contributed by atoms with van der Waals surface area (Å²) < 4.78 is 5.13. The highest BCUT2D eigenvalue weighted by Gasteiger charge is 2.16. The number of halogens is 2. The Labute approximate surface area is 107 Å². The lowest BCUT2D eigenvalue weighted by Gasteiger charge is -2.25. The molecule has 4 heteroatoms. The lowest BCUT2D eigenvalue weighted by molar-refractivity contribution is 0.128. The molecule has 0 fully saturated rings. The highest BCUT2D eigenvalue weighted by Crippen LogP contribution is 2.19. The molecule has 0 heterocycles. The van der Waals surface area contributed by atoms with Crippen LogP contribution in [0.1, 0.15) is 19.4 Å². The van der Waals surface area contributed by atoms with Gasteiger partial charge in [0.15, 0.2) is 0 Å². The van der Waals surface area contributed by atoms with Crippen molar-refractivity contribution >= 4 is 23.2 Å². The molecule has 0 amide bonds. The van der Waals surface area contributed by atoms with E-state index in [1.165, 1.54) is 0 Å². The number of ether oxygens (including phenoxy) is 1. The van der Waals surface area contributed by atoms with Crippen LogP contribution in [0, 0.1) is 0 Å². The zero-order valence-electron chi connectivity index (χ0n) is 9.81. The van der Waals surface area contributed by atoms with Gasteiger partial charge in [0.1, 0.15) is 0 Å². The molecule has 90 valence electrons. The van der Waals surface area contributed by atoms with Gasteiger partial charge >= 0.3 is 0 Å². The number of methoxy groups -OCH3 is 1. The van der Waals surface area contributed by atoms with Gasteiger partial charge in [-0.25, -0.2) is 0 Å². The van der Waals surface area contributed by atoms with Crippen molar-refractivity contribution in [3.8, 4) is 0 Å². The van der Waals surface area contributed by atoms with E-state index in [2.05, 4.69) is 19.2 Å². The molecule has 0 aliphatic heterocycles. The van der Waals surface area contributed by atoms with E-state index in [1.807, 2.05) is 12.1 Å². The van der Waals surface area contributed by atoms with Gasteiger partial charge in [-0.2, -0.15) is 0 Å². The summed E-state index contributed by atoms with van der Waals surface area (Å²) >= 11 is 11.8. The third-order valence-electron chi connectivity index (χ3n) is 2.20. The van der Waals surface area contributed by atoms with Gasteiger partial charge in [-0.05, 0) is 37.6 Å². The van der Waals surface area contributed by atoms with E-state index in [0.29, 0.717) is 16.7 Å². The second-order valence-corrected chi connectivity index (χ2v) is 5.32. The zero-order chi connectivity index (χ0) is 12.2. The first-order valence-electron chi connectivity index (χ1n) is 5.12. The maximum atomic E-state index is 5.92. The second kappa shape index (κ2) is 5.87. The molecule has 0 atom stereocenters. The van der Waals surface area contributed by atoms with E-state index in [9.17, 15) is 0 Å². The van der Waals surface area contributed by atoms with Crippen molar-refractivity contribution in [1.82, 2.24) is 5.32 Å². The van der Waals surface area contributed by atoms with Crippen LogP contribution in [0.15, 0.2) is 18.2 Å². The third kappa shape index (κ3) is 4.71. The van der Waals surface area contributed by atoms with E-state index in [0.717, 1.165) is 12.1 Å². The average Bonchev–Trinajstić information content (AvgIpc) is 2.13. The second-order valence-electron chi connectivity index (χ2n) is 4.45. The minimum absolute atomic E-state index is 0.0659. The highest BCUT2D eigenvalue weighted by molar-refractivity contribution is 6.34. The summed E-state index contributed by atoms with van der Waals surface area (Å²) in [5.41, 5.74) is 1.01. The average molecular weight is 262 g/mol. The fourth-order valence-corrected chi connectivity index (χ4v) is 2.04. The standard InChI is InChI=1S/C12H17Cl2NO/c1-12(2,8-16-3)15-7-9-4-10(13)6-11(14)5-9/h4-6,15H,7-8H2,1-3H3. The number of benzene rings is 1. The molecule has 0 saturated heterocycles. The van der Waals surface area contributed by atoms with Crippen LogP contribution in [0.3, 0.4) is 0 Å². The van der Waals surface area contributed by atoms with Crippen molar-refractivity contribution in [2.45, 2.75) is 25.9 Å². The van der Waals surface area contributed by atoms with Crippen LogP contribution in [0.4, 0.5) is 0 Å². The van der Waals surface area contributed by atoms with Crippen LogP contribution >= 0.6 is 23.2 Å². The van der Waals surface area contributed by atoms with Crippen LogP contribution in [-0.2, 0) is 11.3 Å². The Bertz CT molecular complexity index is 333. The smallest absolute Gasteiger partial charge is 0.0639 e. The molecule has 0 aliphatic rings. The molecule has 1 N–H and O–H groups in total. The molecular formula is C12H17Cl2NO. The van der Waals surface area contributed by atoms with E-state index < -0.39 is 0 Å². The van der Waals surface area contributed by atoms with Gasteiger partial charge in [-0.1, -0.05) is 23.2 Å². The van der Waals surface area contributed by atoms with Crippen molar-refractivity contribution in [1.29, 1.82) is 0 Å². The molecule has 0 radical (unpaired) electrons. The molecule has 1 aromatic rings. The summed E-state index contributed by atoms with van der Waals surface area (Å²) in [6, 6.07) is 5.54. The van der Waals surface area contributed by atoms with Crippen LogP contribution in [0.2, 0.25) is 10.0 Å². The number of hydrogen-bond donors (Lipinski definition) is 1. The highest BCUT2D eigenvalue weighted by atomic mass is 35.5. The van der Waals surface area contributed by atoms with Gasteiger partial charge in [-0.3, -0.25) is 0 Å². The minimum atomic E-state index is -0.0659. The monoisotopic (exact) mass is 261 g/mol. The third-order valence-corrected chi connectivity index (χ3v) is 2.64. The van der Waals surface area contributed by atoms with Gasteiger partial charge in [-0.15, -0.1) is 0 Å². The van der Waals surface area contributed by atoms with E-state index >= 15 is 0 Å². The Kier molecular flexibility index (Phi) is 5.06. The minimum Gasteiger partial charge on any atom is -0.383 e. The molecule has 1 aromatic carbocycles. The van der Waals surface area contributed by atoms with E-state index in [1.54, 1.807) is 13.2 Å². The summed E-state index contributed by atoms with van der Waals surface area (Å²) in [6.45, 7) is 5.54. The van der Waals surface area contributed by atoms with Gasteiger partial charge in [0, 0.05) is 29.2 Å². The van der Waals surface area contributed by atoms with Gasteiger partial charge in [0.05, 0.1) is 6.61 Å². The first-order chi connectivity index (χ1) is 7.43. The maximum absolute atomic E-state index is 5.92. The van der Waals surface area contributed by atoms with Crippen molar-refractivity contribution < 1.29 is 4.74 Å². The first-order valence-corrected chi connectivity index (χ1v) is 5.87. The van der Waals surface area contributed by atoms with Gasteiger partial charge in [0.2, 0.25) is 0 Å². The number of rotatable bonds is 5. The predicted octanol–water partition coefficient (Wildman–Crippen LogP) is 3.51. The SMILES string of the molecule is COCC(C)(C)NCc1cc(Cl)cc(Cl)c1. The first kappa shape index (κ1) is 13.8. The molecule has 0 bridgehead atoms. The number of hydrogen-bond acceptors (Lipinski definition) is 2. The molecule has 0 aliphatic carbocycles. The zero-order valence-corrected chi connectivity index (χ0v) is 11.3. The fourth-order valence-electron chi connectivity index (χ4n) is 1.47. The Balaban J connectivity index is 2.60. The largest absolute Gasteiger partial charge is 0.383 e. The maximum Gasteiger partial charge on any atom is 0.0639 e. The van der Waals surface area contributed by atoms with Crippen LogP contribution in [0.25, 0.3) is 0 Å². The molecule has 0 aromatic heterocycles. The number of nitrogens with one attached hydrogen (secondary N) is 1. The predicted molar refractivity (Wildman–Crippen MR) is 69.3 cm³/mol. The molecule has 1 rings (SSSR count). The van der Waals surface area contributed by atoms with Crippen molar-refractivity contribution in [2.75, 3.05) is 13.7 Å². The van der Waals surface area contributed by atoms with Gasteiger partial charge < -0.3 is 10.1 Å². The van der Waals surface area contributed by atoms with Crippen molar-refractivity contribution in [3.05, 3.63) is 33.8 Å². The molecule has 2 nitrogen and oxygen atoms in total. The summed E-state index contributed by atoms with van der Waals surface area (Å²) in [5, 5.41) is 4.71. The quantitative estimate of drug-likeness (QED) is 0.876. The normalized spacial score (nSPS) is 11.8. The lowest BCUT2D eigenvalue weighted by Crippen LogP contribution is -2.42. The van der Waals surface area contributed by atoms with Crippen LogP contribution < -0.4 is 5.32 Å². The van der Waals surface area contributed by atoms with Crippen molar-refractivity contribution in [2.24, 2.45) is 0 Å². The summed E-state index contributed by atoms with van der Waals surface area (Å²) in [4.78, 5) is 0. The Morgan fingerprint density at radius 1 is 1.19 bits per heavy atom. The van der Waals surface area contributed by atoms with E-state index in [4.69, 9.17) is 27.9 Å². The summed E-state index contributed by atoms with van der Waals surface area (Å²) in [7, 11) is 1.69. The molecule has 0 unspecified atom stereocenters. The Morgan fingerprint density at radius 3 is 2.25 bits per heavy atom. The Morgan fingerprint density at radius 2 is 1.75 bits per heavy atom. The molecule has 16 heavy (non-hydrogen) atoms.